The van der Waals surface area contributed by atoms with Gasteiger partial charge >= 0.3 is 0 Å². The van der Waals surface area contributed by atoms with E-state index < -0.39 is 5.60 Å². The summed E-state index contributed by atoms with van der Waals surface area (Å²) < 4.78 is 5.41. The first-order valence-corrected chi connectivity index (χ1v) is 6.88. The van der Waals surface area contributed by atoms with Crippen molar-refractivity contribution in [3.8, 4) is 5.75 Å². The van der Waals surface area contributed by atoms with E-state index in [1.165, 1.54) is 0 Å². The van der Waals surface area contributed by atoms with Gasteiger partial charge in [0, 0.05) is 19.6 Å². The van der Waals surface area contributed by atoms with Crippen LogP contribution in [0.5, 0.6) is 5.75 Å². The Balaban J connectivity index is 2.07. The Morgan fingerprint density at radius 3 is 2.58 bits per heavy atom. The molecule has 1 saturated carbocycles. The molecule has 2 rings (SSSR count). The van der Waals surface area contributed by atoms with Gasteiger partial charge in [-0.2, -0.15) is 0 Å². The Kier molecular flexibility index (Phi) is 4.32. The van der Waals surface area contributed by atoms with E-state index in [1.54, 1.807) is 7.11 Å². The van der Waals surface area contributed by atoms with Crippen LogP contribution in [0.25, 0.3) is 0 Å². The fourth-order valence-electron chi connectivity index (χ4n) is 2.85. The van der Waals surface area contributed by atoms with Crippen LogP contribution in [0.3, 0.4) is 0 Å². The standard InChI is InChI=1S/C15H24N2O2/c1-17(13-5-3-4-6-14(13)19-2)12-7-9-15(18,11-16)10-8-12/h3-6,12,18H,7-11,16H2,1-2H3. The van der Waals surface area contributed by atoms with Crippen molar-refractivity contribution in [3.63, 3.8) is 0 Å². The Morgan fingerprint density at radius 1 is 1.37 bits per heavy atom. The number of anilines is 1. The molecular formula is C15H24N2O2. The maximum absolute atomic E-state index is 10.2. The highest BCUT2D eigenvalue weighted by Crippen LogP contribution is 2.35. The molecule has 4 heteroatoms. The third-order valence-corrected chi connectivity index (χ3v) is 4.28. The summed E-state index contributed by atoms with van der Waals surface area (Å²) in [5, 5.41) is 10.2. The van der Waals surface area contributed by atoms with Gasteiger partial charge in [-0.15, -0.1) is 0 Å². The highest BCUT2D eigenvalue weighted by atomic mass is 16.5. The maximum Gasteiger partial charge on any atom is 0.142 e. The van der Waals surface area contributed by atoms with Gasteiger partial charge in [-0.05, 0) is 37.8 Å². The minimum Gasteiger partial charge on any atom is -0.495 e. The molecule has 1 aromatic rings. The first-order valence-electron chi connectivity index (χ1n) is 6.88. The van der Waals surface area contributed by atoms with Gasteiger partial charge in [0.25, 0.3) is 0 Å². The third-order valence-electron chi connectivity index (χ3n) is 4.28. The number of hydrogen-bond acceptors (Lipinski definition) is 4. The Bertz CT molecular complexity index is 414. The van der Waals surface area contributed by atoms with Crippen molar-refractivity contribution in [1.82, 2.24) is 0 Å². The van der Waals surface area contributed by atoms with E-state index in [2.05, 4.69) is 18.0 Å². The Labute approximate surface area is 115 Å². The van der Waals surface area contributed by atoms with Gasteiger partial charge in [0.15, 0.2) is 0 Å². The fourth-order valence-corrected chi connectivity index (χ4v) is 2.85. The monoisotopic (exact) mass is 264 g/mol. The normalized spacial score (nSPS) is 27.1. The molecule has 0 heterocycles. The van der Waals surface area contributed by atoms with Gasteiger partial charge < -0.3 is 20.5 Å². The maximum atomic E-state index is 10.2. The molecule has 4 nitrogen and oxygen atoms in total. The number of nitrogens with two attached hydrogens (primary N) is 1. The zero-order valence-electron chi connectivity index (χ0n) is 11.8. The van der Waals surface area contributed by atoms with Crippen LogP contribution in [-0.2, 0) is 0 Å². The summed E-state index contributed by atoms with van der Waals surface area (Å²) in [4.78, 5) is 2.26. The molecule has 0 radical (unpaired) electrons. The molecule has 0 spiro atoms. The van der Waals surface area contributed by atoms with Crippen molar-refractivity contribution < 1.29 is 9.84 Å². The minimum atomic E-state index is -0.655. The number of hydrogen-bond donors (Lipinski definition) is 2. The molecule has 106 valence electrons. The highest BCUT2D eigenvalue weighted by Gasteiger charge is 2.33. The first kappa shape index (κ1) is 14.2. The lowest BCUT2D eigenvalue weighted by Gasteiger charge is -2.40. The third kappa shape index (κ3) is 3.01. The average molecular weight is 264 g/mol. The van der Waals surface area contributed by atoms with Crippen molar-refractivity contribution in [2.45, 2.75) is 37.3 Å². The first-order chi connectivity index (χ1) is 9.09. The molecule has 0 atom stereocenters. The number of methoxy groups -OCH3 is 1. The number of benzene rings is 1. The highest BCUT2D eigenvalue weighted by molar-refractivity contribution is 5.58. The van der Waals surface area contributed by atoms with Crippen LogP contribution in [0.15, 0.2) is 24.3 Å². The largest absolute Gasteiger partial charge is 0.495 e. The summed E-state index contributed by atoms with van der Waals surface area (Å²) in [6.07, 6.45) is 3.46. The molecule has 1 fully saturated rings. The van der Waals surface area contributed by atoms with E-state index in [1.807, 2.05) is 18.2 Å². The lowest BCUT2D eigenvalue weighted by atomic mass is 9.81. The number of ether oxygens (including phenoxy) is 1. The van der Waals surface area contributed by atoms with Crippen LogP contribution < -0.4 is 15.4 Å². The molecule has 1 aliphatic rings. The van der Waals surface area contributed by atoms with E-state index in [0.29, 0.717) is 12.6 Å². The lowest BCUT2D eigenvalue weighted by Crippen LogP contribution is -2.46. The Morgan fingerprint density at radius 2 is 2.00 bits per heavy atom. The molecule has 3 N–H and O–H groups in total. The summed E-state index contributed by atoms with van der Waals surface area (Å²) >= 11 is 0. The smallest absolute Gasteiger partial charge is 0.142 e. The van der Waals surface area contributed by atoms with Gasteiger partial charge in [-0.25, -0.2) is 0 Å². The number of rotatable bonds is 4. The van der Waals surface area contributed by atoms with E-state index in [-0.39, 0.29) is 0 Å². The molecule has 0 aromatic heterocycles. The summed E-state index contributed by atoms with van der Waals surface area (Å²) in [6.45, 7) is 0.359. The van der Waals surface area contributed by atoms with Crippen LogP contribution in [0.1, 0.15) is 25.7 Å². The van der Waals surface area contributed by atoms with Crippen molar-refractivity contribution in [1.29, 1.82) is 0 Å². The SMILES string of the molecule is COc1ccccc1N(C)C1CCC(O)(CN)CC1. The number of nitrogens with zero attached hydrogens (tertiary/aromatic N) is 1. The van der Waals surface area contributed by atoms with Crippen molar-refractivity contribution in [2.75, 3.05) is 25.6 Å². The minimum absolute atomic E-state index is 0.359. The van der Waals surface area contributed by atoms with Crippen LogP contribution >= 0.6 is 0 Å². The van der Waals surface area contributed by atoms with Gasteiger partial charge in [0.05, 0.1) is 18.4 Å². The molecule has 0 saturated heterocycles. The summed E-state index contributed by atoms with van der Waals surface area (Å²) in [6, 6.07) is 8.48. The zero-order chi connectivity index (χ0) is 13.9. The summed E-state index contributed by atoms with van der Waals surface area (Å²) in [7, 11) is 3.79. The van der Waals surface area contributed by atoms with E-state index in [9.17, 15) is 5.11 Å². The second-order valence-electron chi connectivity index (χ2n) is 5.44. The molecule has 19 heavy (non-hydrogen) atoms. The zero-order valence-corrected chi connectivity index (χ0v) is 11.8. The predicted molar refractivity (Wildman–Crippen MR) is 77.7 cm³/mol. The van der Waals surface area contributed by atoms with Crippen LogP contribution in [-0.4, -0.2) is 37.5 Å². The topological polar surface area (TPSA) is 58.7 Å². The number of aliphatic hydroxyl groups is 1. The molecule has 1 aromatic carbocycles. The Hall–Kier alpha value is -1.26. The summed E-state index contributed by atoms with van der Waals surface area (Å²) in [5.41, 5.74) is 6.08. The van der Waals surface area contributed by atoms with Crippen molar-refractivity contribution in [3.05, 3.63) is 24.3 Å². The molecule has 0 amide bonds. The van der Waals surface area contributed by atoms with E-state index in [0.717, 1.165) is 37.1 Å². The van der Waals surface area contributed by atoms with Gasteiger partial charge in [0.1, 0.15) is 5.75 Å². The van der Waals surface area contributed by atoms with E-state index in [4.69, 9.17) is 10.5 Å². The lowest BCUT2D eigenvalue weighted by molar-refractivity contribution is 0.00798. The molecule has 0 unspecified atom stereocenters. The fraction of sp³-hybridized carbons (Fsp3) is 0.600. The number of para-hydroxylation sites is 2. The van der Waals surface area contributed by atoms with Crippen LogP contribution in [0, 0.1) is 0 Å². The van der Waals surface area contributed by atoms with Gasteiger partial charge in [-0.1, -0.05) is 12.1 Å². The van der Waals surface area contributed by atoms with Crippen molar-refractivity contribution in [2.24, 2.45) is 5.73 Å². The average Bonchev–Trinajstić information content (AvgIpc) is 2.47. The van der Waals surface area contributed by atoms with Gasteiger partial charge in [0.2, 0.25) is 0 Å². The van der Waals surface area contributed by atoms with Crippen LogP contribution in [0.4, 0.5) is 5.69 Å². The molecular weight excluding hydrogens is 240 g/mol. The van der Waals surface area contributed by atoms with Gasteiger partial charge in [-0.3, -0.25) is 0 Å². The second kappa shape index (κ2) is 5.80. The predicted octanol–water partition coefficient (Wildman–Crippen LogP) is 1.76. The second-order valence-corrected chi connectivity index (χ2v) is 5.44. The quantitative estimate of drug-likeness (QED) is 0.870. The van der Waals surface area contributed by atoms with Crippen LogP contribution in [0.2, 0.25) is 0 Å². The molecule has 1 aliphatic carbocycles. The van der Waals surface area contributed by atoms with E-state index >= 15 is 0 Å². The van der Waals surface area contributed by atoms with Crippen molar-refractivity contribution >= 4 is 5.69 Å². The molecule has 0 aliphatic heterocycles. The molecule has 0 bridgehead atoms. The summed E-state index contributed by atoms with van der Waals surface area (Å²) in [5.74, 6) is 0.893.